The molecule has 168 valence electrons. The second kappa shape index (κ2) is 8.77. The first-order valence-corrected chi connectivity index (χ1v) is 12.1. The molecule has 1 aliphatic carbocycles. The van der Waals surface area contributed by atoms with Crippen molar-refractivity contribution in [2.75, 3.05) is 4.90 Å². The van der Waals surface area contributed by atoms with E-state index < -0.39 is 0 Å². The molecule has 0 amide bonds. The maximum absolute atomic E-state index is 2.32. The highest BCUT2D eigenvalue weighted by Gasteiger charge is 2.22. The number of benzene rings is 5. The number of aryl methyl sites for hydroxylation is 2. The van der Waals surface area contributed by atoms with E-state index in [4.69, 9.17) is 0 Å². The van der Waals surface area contributed by atoms with E-state index in [1.165, 1.54) is 44.5 Å². The van der Waals surface area contributed by atoms with E-state index in [-0.39, 0.29) is 0 Å². The fourth-order valence-electron chi connectivity index (χ4n) is 4.93. The Bertz CT molecular complexity index is 1430. The van der Waals surface area contributed by atoms with Crippen LogP contribution in [0.3, 0.4) is 0 Å². The normalized spacial score (nSPS) is 11.7. The molecule has 0 saturated heterocycles. The van der Waals surface area contributed by atoms with Crippen LogP contribution in [-0.4, -0.2) is 0 Å². The van der Waals surface area contributed by atoms with E-state index in [0.29, 0.717) is 0 Å². The second-order valence-electron chi connectivity index (χ2n) is 9.25. The molecule has 5 aromatic rings. The van der Waals surface area contributed by atoms with Gasteiger partial charge in [0.1, 0.15) is 0 Å². The van der Waals surface area contributed by atoms with E-state index in [1.807, 2.05) is 0 Å². The summed E-state index contributed by atoms with van der Waals surface area (Å²) in [5, 5.41) is 0. The van der Waals surface area contributed by atoms with Gasteiger partial charge in [-0.15, -0.1) is 0 Å². The predicted octanol–water partition coefficient (Wildman–Crippen LogP) is 9.34. The molecular formula is C34H27N. The molecule has 0 bridgehead atoms. The van der Waals surface area contributed by atoms with Gasteiger partial charge in [-0.1, -0.05) is 96.1 Å². The van der Waals surface area contributed by atoms with Crippen LogP contribution in [0.15, 0.2) is 121 Å². The molecule has 0 atom stereocenters. The van der Waals surface area contributed by atoms with Gasteiger partial charge in [0.05, 0.1) is 0 Å². The van der Waals surface area contributed by atoms with Gasteiger partial charge in [0.25, 0.3) is 0 Å². The predicted molar refractivity (Wildman–Crippen MR) is 149 cm³/mol. The molecular weight excluding hydrogens is 422 g/mol. The van der Waals surface area contributed by atoms with Crippen LogP contribution in [0.2, 0.25) is 0 Å². The van der Waals surface area contributed by atoms with Gasteiger partial charge in [0.2, 0.25) is 0 Å². The lowest BCUT2D eigenvalue weighted by atomic mass is 10.0. The topological polar surface area (TPSA) is 3.24 Å². The summed E-state index contributed by atoms with van der Waals surface area (Å²) >= 11 is 0. The standard InChI is InChI=1S/C34H27N/c1-24-11-17-27(18-12-24)35(28-19-13-25(2)14-20-28)29-21-15-26(16-22-29)23-34-32-9-5-3-7-30(32)31-8-4-6-10-33(31)34/h3-23H,1-2H3. The van der Waals surface area contributed by atoms with Gasteiger partial charge in [-0.3, -0.25) is 0 Å². The highest BCUT2D eigenvalue weighted by Crippen LogP contribution is 2.45. The van der Waals surface area contributed by atoms with Crippen LogP contribution < -0.4 is 4.90 Å². The van der Waals surface area contributed by atoms with Crippen molar-refractivity contribution in [3.05, 3.63) is 149 Å². The molecule has 35 heavy (non-hydrogen) atoms. The largest absolute Gasteiger partial charge is 0.311 e. The molecule has 5 aromatic carbocycles. The maximum atomic E-state index is 2.32. The van der Waals surface area contributed by atoms with Crippen LogP contribution in [0.4, 0.5) is 17.1 Å². The minimum Gasteiger partial charge on any atom is -0.311 e. The lowest BCUT2D eigenvalue weighted by Crippen LogP contribution is -2.09. The molecule has 0 unspecified atom stereocenters. The molecule has 0 fully saturated rings. The third-order valence-electron chi connectivity index (χ3n) is 6.77. The maximum Gasteiger partial charge on any atom is 0.0462 e. The van der Waals surface area contributed by atoms with E-state index in [1.54, 1.807) is 0 Å². The fraction of sp³-hybridized carbons (Fsp3) is 0.0588. The number of hydrogen-bond acceptors (Lipinski definition) is 1. The van der Waals surface area contributed by atoms with Crippen LogP contribution in [0.5, 0.6) is 0 Å². The van der Waals surface area contributed by atoms with Crippen LogP contribution in [0.1, 0.15) is 27.8 Å². The van der Waals surface area contributed by atoms with Crippen molar-refractivity contribution >= 4 is 28.7 Å². The molecule has 0 aromatic heterocycles. The lowest BCUT2D eigenvalue weighted by molar-refractivity contribution is 1.27. The van der Waals surface area contributed by atoms with Crippen molar-refractivity contribution in [2.45, 2.75) is 13.8 Å². The molecule has 0 spiro atoms. The molecule has 0 N–H and O–H groups in total. The van der Waals surface area contributed by atoms with E-state index in [9.17, 15) is 0 Å². The zero-order chi connectivity index (χ0) is 23.8. The molecule has 6 rings (SSSR count). The van der Waals surface area contributed by atoms with Crippen molar-refractivity contribution < 1.29 is 0 Å². The third-order valence-corrected chi connectivity index (χ3v) is 6.77. The van der Waals surface area contributed by atoms with Gasteiger partial charge < -0.3 is 4.90 Å². The first-order chi connectivity index (χ1) is 17.2. The van der Waals surface area contributed by atoms with E-state index in [2.05, 4.69) is 146 Å². The van der Waals surface area contributed by atoms with Gasteiger partial charge in [-0.2, -0.15) is 0 Å². The summed E-state index contributed by atoms with van der Waals surface area (Å²) in [5.41, 5.74) is 13.7. The monoisotopic (exact) mass is 449 g/mol. The summed E-state index contributed by atoms with van der Waals surface area (Å²) in [7, 11) is 0. The molecule has 0 aliphatic heterocycles. The molecule has 0 saturated carbocycles. The highest BCUT2D eigenvalue weighted by atomic mass is 15.1. The Hall–Kier alpha value is -4.36. The molecule has 0 radical (unpaired) electrons. The van der Waals surface area contributed by atoms with Crippen molar-refractivity contribution in [2.24, 2.45) is 0 Å². The Kier molecular flexibility index (Phi) is 5.31. The number of anilines is 3. The van der Waals surface area contributed by atoms with Crippen molar-refractivity contribution in [1.82, 2.24) is 0 Å². The van der Waals surface area contributed by atoms with E-state index in [0.717, 1.165) is 17.1 Å². The molecule has 0 heterocycles. The summed E-state index contributed by atoms with van der Waals surface area (Å²) in [6, 6.07) is 43.7. The fourth-order valence-corrected chi connectivity index (χ4v) is 4.93. The van der Waals surface area contributed by atoms with Gasteiger partial charge in [-0.05, 0) is 89.7 Å². The molecule has 1 heteroatoms. The van der Waals surface area contributed by atoms with Gasteiger partial charge in [0.15, 0.2) is 0 Å². The van der Waals surface area contributed by atoms with Crippen molar-refractivity contribution in [3.63, 3.8) is 0 Å². The average Bonchev–Trinajstić information content (AvgIpc) is 3.21. The van der Waals surface area contributed by atoms with Crippen molar-refractivity contribution in [3.8, 4) is 11.1 Å². The second-order valence-corrected chi connectivity index (χ2v) is 9.25. The summed E-state index contributed by atoms with van der Waals surface area (Å²) in [6.07, 6.45) is 2.32. The quantitative estimate of drug-likeness (QED) is 0.259. The summed E-state index contributed by atoms with van der Waals surface area (Å²) in [4.78, 5) is 2.32. The Morgan fingerprint density at radius 1 is 0.429 bits per heavy atom. The SMILES string of the molecule is Cc1ccc(N(c2ccc(C)cc2)c2ccc(C=C3c4ccccc4-c4ccccc43)cc2)cc1. The number of hydrogen-bond donors (Lipinski definition) is 0. The molecule has 1 aliphatic rings. The first-order valence-electron chi connectivity index (χ1n) is 12.1. The van der Waals surface area contributed by atoms with Crippen molar-refractivity contribution in [1.29, 1.82) is 0 Å². The minimum absolute atomic E-state index is 1.15. The number of rotatable bonds is 4. The zero-order valence-corrected chi connectivity index (χ0v) is 20.1. The summed E-state index contributed by atoms with van der Waals surface area (Å²) in [5.74, 6) is 0. The highest BCUT2D eigenvalue weighted by molar-refractivity contribution is 6.06. The van der Waals surface area contributed by atoms with Crippen LogP contribution in [-0.2, 0) is 0 Å². The zero-order valence-electron chi connectivity index (χ0n) is 20.1. The Balaban J connectivity index is 1.41. The summed E-state index contributed by atoms with van der Waals surface area (Å²) in [6.45, 7) is 4.25. The minimum atomic E-state index is 1.15. The van der Waals surface area contributed by atoms with Crippen LogP contribution >= 0.6 is 0 Å². The van der Waals surface area contributed by atoms with E-state index >= 15 is 0 Å². The van der Waals surface area contributed by atoms with Gasteiger partial charge >= 0.3 is 0 Å². The third kappa shape index (κ3) is 3.96. The first kappa shape index (κ1) is 21.2. The Labute approximate surface area is 207 Å². The number of nitrogens with zero attached hydrogens (tertiary/aromatic N) is 1. The van der Waals surface area contributed by atoms with Gasteiger partial charge in [0, 0.05) is 17.1 Å². The molecule has 1 nitrogen and oxygen atoms in total. The van der Waals surface area contributed by atoms with Gasteiger partial charge in [-0.25, -0.2) is 0 Å². The van der Waals surface area contributed by atoms with Crippen LogP contribution in [0, 0.1) is 13.8 Å². The lowest BCUT2D eigenvalue weighted by Gasteiger charge is -2.26. The van der Waals surface area contributed by atoms with Crippen LogP contribution in [0.25, 0.3) is 22.8 Å². The summed E-state index contributed by atoms with van der Waals surface area (Å²) < 4.78 is 0. The Morgan fingerprint density at radius 3 is 1.23 bits per heavy atom. The number of fused-ring (bicyclic) bond motifs is 3. The Morgan fingerprint density at radius 2 is 0.800 bits per heavy atom. The average molecular weight is 450 g/mol. The smallest absolute Gasteiger partial charge is 0.0462 e.